The van der Waals surface area contributed by atoms with Crippen LogP contribution in [0.5, 0.6) is 5.75 Å². The number of Topliss-reactive ketones (excluding diaryl/α,β-unsaturated/α-hetero) is 2. The minimum Gasteiger partial charge on any atom is -0.508 e. The topological polar surface area (TPSA) is 161 Å². The third-order valence-electron chi connectivity index (χ3n) is 9.01. The standard InChI is InChI=1S/C30H30N2O7/c1-32(2)24-19-12-16-11-18-17(15-7-6-13-4-3-5-14(13)10-15)8-9-20(33)22(18)25(34)21(16)27(36)30(19,39)28(37)23(26(24)35)29(31)38/h6-10,16,19,24,33-34,37,39H,3-5,11-12H2,1-2H3,(H2,31,38). The fourth-order valence-corrected chi connectivity index (χ4v) is 7.25. The summed E-state index contributed by atoms with van der Waals surface area (Å²) in [5.74, 6) is -6.53. The van der Waals surface area contributed by atoms with E-state index in [2.05, 4.69) is 12.1 Å². The number of carbonyl (C=O) groups is 3. The minimum absolute atomic E-state index is 0.0606. The van der Waals surface area contributed by atoms with Crippen LogP contribution in [0.2, 0.25) is 0 Å². The lowest BCUT2D eigenvalue weighted by Gasteiger charge is -2.50. The Labute approximate surface area is 224 Å². The summed E-state index contributed by atoms with van der Waals surface area (Å²) in [5.41, 5.74) is 6.87. The number of phenolic OH excluding ortho intramolecular Hbond substituents is 1. The average molecular weight is 531 g/mol. The number of benzene rings is 2. The fraction of sp³-hybridized carbons (Fsp3) is 0.367. The normalized spacial score (nSPS) is 27.8. The number of fused-ring (bicyclic) bond motifs is 4. The van der Waals surface area contributed by atoms with E-state index in [1.807, 2.05) is 6.07 Å². The molecule has 1 saturated carbocycles. The summed E-state index contributed by atoms with van der Waals surface area (Å²) in [6.07, 6.45) is 3.44. The highest BCUT2D eigenvalue weighted by molar-refractivity contribution is 6.24. The molecule has 2 aromatic carbocycles. The summed E-state index contributed by atoms with van der Waals surface area (Å²) < 4.78 is 0. The van der Waals surface area contributed by atoms with Gasteiger partial charge in [0, 0.05) is 11.5 Å². The number of rotatable bonds is 3. The van der Waals surface area contributed by atoms with Crippen molar-refractivity contribution >= 4 is 23.2 Å². The van der Waals surface area contributed by atoms with Gasteiger partial charge in [0.25, 0.3) is 5.91 Å². The molecule has 0 radical (unpaired) electrons. The maximum atomic E-state index is 14.0. The molecule has 0 aliphatic heterocycles. The van der Waals surface area contributed by atoms with E-state index < -0.39 is 58.0 Å². The number of aryl methyl sites for hydroxylation is 2. The van der Waals surface area contributed by atoms with Crippen LogP contribution in [0.1, 0.15) is 35.1 Å². The molecular weight excluding hydrogens is 500 g/mol. The first kappa shape index (κ1) is 25.3. The Bertz CT molecular complexity index is 1550. The lowest BCUT2D eigenvalue weighted by Crippen LogP contribution is -2.65. The molecule has 9 heteroatoms. The number of hydrogen-bond acceptors (Lipinski definition) is 8. The highest BCUT2D eigenvalue weighted by Crippen LogP contribution is 2.53. The molecule has 1 fully saturated rings. The van der Waals surface area contributed by atoms with Crippen molar-refractivity contribution in [2.24, 2.45) is 17.6 Å². The monoisotopic (exact) mass is 530 g/mol. The van der Waals surface area contributed by atoms with E-state index in [0.29, 0.717) is 5.56 Å². The molecule has 6 rings (SSSR count). The predicted octanol–water partition coefficient (Wildman–Crippen LogP) is 2.12. The van der Waals surface area contributed by atoms with Crippen LogP contribution in [-0.4, -0.2) is 68.5 Å². The molecule has 2 aromatic rings. The molecule has 9 nitrogen and oxygen atoms in total. The molecule has 4 aliphatic rings. The summed E-state index contributed by atoms with van der Waals surface area (Å²) in [5, 5.41) is 44.9. The van der Waals surface area contributed by atoms with Gasteiger partial charge in [0.15, 0.2) is 11.4 Å². The zero-order valence-electron chi connectivity index (χ0n) is 21.7. The fourth-order valence-electron chi connectivity index (χ4n) is 7.25. The maximum Gasteiger partial charge on any atom is 0.255 e. The lowest BCUT2D eigenvalue weighted by atomic mass is 9.57. The Kier molecular flexibility index (Phi) is 5.54. The van der Waals surface area contributed by atoms with E-state index in [1.165, 1.54) is 22.1 Å². The van der Waals surface area contributed by atoms with Crippen LogP contribution in [0.15, 0.2) is 47.2 Å². The number of aromatic hydroxyl groups is 1. The van der Waals surface area contributed by atoms with Crippen LogP contribution >= 0.6 is 0 Å². The molecular formula is C30H30N2O7. The summed E-state index contributed by atoms with van der Waals surface area (Å²) in [6.45, 7) is 0. The highest BCUT2D eigenvalue weighted by atomic mass is 16.3. The van der Waals surface area contributed by atoms with Gasteiger partial charge in [-0.3, -0.25) is 19.3 Å². The van der Waals surface area contributed by atoms with Crippen molar-refractivity contribution in [1.29, 1.82) is 0 Å². The Balaban J connectivity index is 1.54. The Morgan fingerprint density at radius 1 is 1.05 bits per heavy atom. The first-order valence-electron chi connectivity index (χ1n) is 13.1. The van der Waals surface area contributed by atoms with Crippen molar-refractivity contribution in [3.63, 3.8) is 0 Å². The van der Waals surface area contributed by atoms with Gasteiger partial charge in [0.1, 0.15) is 22.8 Å². The number of nitrogens with two attached hydrogens (primary N) is 1. The summed E-state index contributed by atoms with van der Waals surface area (Å²) >= 11 is 0. The smallest absolute Gasteiger partial charge is 0.255 e. The Hall–Kier alpha value is -3.95. The number of carbonyl (C=O) groups excluding carboxylic acids is 3. The number of ketones is 2. The largest absolute Gasteiger partial charge is 0.508 e. The second-order valence-corrected chi connectivity index (χ2v) is 11.3. The van der Waals surface area contributed by atoms with Gasteiger partial charge in [0.2, 0.25) is 5.78 Å². The number of nitrogens with zero attached hydrogens (tertiary/aromatic N) is 1. The van der Waals surface area contributed by atoms with Gasteiger partial charge in [-0.25, -0.2) is 0 Å². The van der Waals surface area contributed by atoms with Crippen LogP contribution < -0.4 is 5.73 Å². The van der Waals surface area contributed by atoms with Crippen molar-refractivity contribution in [2.45, 2.75) is 43.7 Å². The van der Waals surface area contributed by atoms with Gasteiger partial charge in [-0.05, 0) is 86.0 Å². The molecule has 4 aliphatic carbocycles. The van der Waals surface area contributed by atoms with Crippen molar-refractivity contribution in [3.05, 3.63) is 69.5 Å². The van der Waals surface area contributed by atoms with Crippen LogP contribution in [-0.2, 0) is 33.6 Å². The maximum absolute atomic E-state index is 14.0. The Morgan fingerprint density at radius 2 is 1.77 bits per heavy atom. The molecule has 4 unspecified atom stereocenters. The average Bonchev–Trinajstić information content (AvgIpc) is 3.34. The number of hydrogen-bond donors (Lipinski definition) is 5. The quantitative estimate of drug-likeness (QED) is 0.377. The molecule has 1 amide bonds. The lowest BCUT2D eigenvalue weighted by molar-refractivity contribution is -0.153. The van der Waals surface area contributed by atoms with Crippen LogP contribution in [0.4, 0.5) is 0 Å². The SMILES string of the molecule is CN(C)C1C(=O)C(C(N)=O)=C(O)C2(O)C(=O)C3=C(O)c4c(O)ccc(-c5ccc6c(c5)CCC6)c4CC3CC12. The second-order valence-electron chi connectivity index (χ2n) is 11.3. The number of likely N-dealkylation sites (N-methyl/N-ethyl adjacent to an activating group) is 1. The van der Waals surface area contributed by atoms with Crippen molar-refractivity contribution < 1.29 is 34.8 Å². The minimum atomic E-state index is -2.64. The first-order chi connectivity index (χ1) is 18.5. The summed E-state index contributed by atoms with van der Waals surface area (Å²) in [7, 11) is 3.16. The zero-order chi connectivity index (χ0) is 28.0. The molecule has 39 heavy (non-hydrogen) atoms. The van der Waals surface area contributed by atoms with E-state index in [-0.39, 0.29) is 29.7 Å². The van der Waals surface area contributed by atoms with Gasteiger partial charge < -0.3 is 26.2 Å². The number of amides is 1. The van der Waals surface area contributed by atoms with E-state index in [9.17, 15) is 34.8 Å². The summed E-state index contributed by atoms with van der Waals surface area (Å²) in [6, 6.07) is 8.41. The van der Waals surface area contributed by atoms with E-state index in [1.54, 1.807) is 20.2 Å². The second kappa shape index (κ2) is 8.53. The molecule has 6 N–H and O–H groups in total. The van der Waals surface area contributed by atoms with Crippen molar-refractivity contribution in [2.75, 3.05) is 14.1 Å². The third kappa shape index (κ3) is 3.36. The van der Waals surface area contributed by atoms with Gasteiger partial charge in [-0.1, -0.05) is 24.3 Å². The Morgan fingerprint density at radius 3 is 2.46 bits per heavy atom. The predicted molar refractivity (Wildman–Crippen MR) is 142 cm³/mol. The van der Waals surface area contributed by atoms with Gasteiger partial charge >= 0.3 is 0 Å². The highest BCUT2D eigenvalue weighted by Gasteiger charge is 2.64. The van der Waals surface area contributed by atoms with Crippen LogP contribution in [0, 0.1) is 11.8 Å². The number of aliphatic hydroxyl groups is 3. The van der Waals surface area contributed by atoms with Gasteiger partial charge in [-0.15, -0.1) is 0 Å². The van der Waals surface area contributed by atoms with Crippen molar-refractivity contribution in [3.8, 4) is 16.9 Å². The molecule has 0 saturated heterocycles. The van der Waals surface area contributed by atoms with Gasteiger partial charge in [0.05, 0.1) is 11.6 Å². The molecule has 0 spiro atoms. The van der Waals surface area contributed by atoms with E-state index in [4.69, 9.17) is 5.73 Å². The number of phenols is 1. The summed E-state index contributed by atoms with van der Waals surface area (Å²) in [4.78, 5) is 40.8. The number of aliphatic hydroxyl groups excluding tert-OH is 2. The number of primary amides is 1. The van der Waals surface area contributed by atoms with Crippen molar-refractivity contribution in [1.82, 2.24) is 4.90 Å². The van der Waals surface area contributed by atoms with Gasteiger partial charge in [-0.2, -0.15) is 0 Å². The van der Waals surface area contributed by atoms with E-state index >= 15 is 0 Å². The molecule has 4 atom stereocenters. The van der Waals surface area contributed by atoms with E-state index in [0.717, 1.165) is 30.4 Å². The third-order valence-corrected chi connectivity index (χ3v) is 9.01. The molecule has 0 heterocycles. The first-order valence-corrected chi connectivity index (χ1v) is 13.1. The zero-order valence-corrected chi connectivity index (χ0v) is 21.7. The molecule has 202 valence electrons. The molecule has 0 bridgehead atoms. The molecule has 0 aromatic heterocycles. The van der Waals surface area contributed by atoms with Crippen LogP contribution in [0.3, 0.4) is 0 Å². The van der Waals surface area contributed by atoms with Crippen LogP contribution in [0.25, 0.3) is 16.9 Å².